The Morgan fingerprint density at radius 2 is 0.972 bits per heavy atom. The highest BCUT2D eigenvalue weighted by molar-refractivity contribution is 6.19. The van der Waals surface area contributed by atoms with Crippen LogP contribution in [0.25, 0.3) is 0 Å². The number of benzene rings is 3. The minimum absolute atomic E-state index is 0.116. The van der Waals surface area contributed by atoms with Crippen LogP contribution in [0.2, 0.25) is 0 Å². The van der Waals surface area contributed by atoms with Crippen molar-refractivity contribution in [1.29, 1.82) is 0 Å². The summed E-state index contributed by atoms with van der Waals surface area (Å²) in [5.41, 5.74) is 2.27. The molecule has 1 aliphatic heterocycles. The third kappa shape index (κ3) is 4.17. The zero-order chi connectivity index (χ0) is 25.2. The molecule has 8 heteroatoms. The number of imidazole rings is 1. The van der Waals surface area contributed by atoms with Crippen molar-refractivity contribution in [2.24, 2.45) is 0 Å². The van der Waals surface area contributed by atoms with E-state index in [1.54, 1.807) is 38.5 Å². The van der Waals surface area contributed by atoms with Crippen molar-refractivity contribution in [2.45, 2.75) is 19.6 Å². The first-order valence-corrected chi connectivity index (χ1v) is 11.5. The predicted octanol–water partition coefficient (Wildman–Crippen LogP) is 3.56. The molecular weight excluding hydrogens is 458 g/mol. The summed E-state index contributed by atoms with van der Waals surface area (Å²) in [6.07, 6.45) is 0. The van der Waals surface area contributed by atoms with Crippen LogP contribution in [0.5, 0.6) is 11.5 Å². The maximum Gasteiger partial charge on any atom is 0.330 e. The lowest BCUT2D eigenvalue weighted by Gasteiger charge is -2.16. The van der Waals surface area contributed by atoms with E-state index < -0.39 is 17.5 Å². The molecule has 1 aliphatic rings. The summed E-state index contributed by atoms with van der Waals surface area (Å²) < 4.78 is 13.2. The molecule has 0 saturated heterocycles. The van der Waals surface area contributed by atoms with Crippen LogP contribution in [0.1, 0.15) is 37.7 Å². The fourth-order valence-electron chi connectivity index (χ4n) is 4.40. The molecule has 1 aromatic heterocycles. The molecule has 0 saturated carbocycles. The molecule has 0 atom stereocenters. The number of fused-ring (bicyclic) bond motifs is 1. The third-order valence-corrected chi connectivity index (χ3v) is 6.30. The lowest BCUT2D eigenvalue weighted by Crippen LogP contribution is -2.36. The van der Waals surface area contributed by atoms with Crippen molar-refractivity contribution in [2.75, 3.05) is 14.2 Å². The van der Waals surface area contributed by atoms with Crippen LogP contribution in [-0.4, -0.2) is 40.1 Å². The summed E-state index contributed by atoms with van der Waals surface area (Å²) in [5.74, 6) is 0.429. The fraction of sp³-hybridized carbons (Fsp3) is 0.179. The van der Waals surface area contributed by atoms with Crippen LogP contribution in [0.4, 0.5) is 0 Å². The van der Waals surface area contributed by atoms with Gasteiger partial charge in [0, 0.05) is 0 Å². The van der Waals surface area contributed by atoms with E-state index in [0.717, 1.165) is 16.7 Å². The van der Waals surface area contributed by atoms with E-state index in [4.69, 9.17) is 9.47 Å². The van der Waals surface area contributed by atoms with Gasteiger partial charge < -0.3 is 9.47 Å². The standard InChI is InChI=1S/C28H25N3O5/c1-35-22-12-8-20(9-13-22)16-29-24-25(27(33)31(26(24)32)18-19-6-4-3-5-7-19)30(28(29)34)17-21-10-14-23(36-2)15-11-21/h3-15H,16-18H2,1-2H3. The highest BCUT2D eigenvalue weighted by Gasteiger charge is 2.43. The summed E-state index contributed by atoms with van der Waals surface area (Å²) >= 11 is 0. The maximum absolute atomic E-state index is 13.6. The van der Waals surface area contributed by atoms with Crippen LogP contribution < -0.4 is 15.2 Å². The molecule has 182 valence electrons. The van der Waals surface area contributed by atoms with E-state index in [1.807, 2.05) is 54.6 Å². The number of methoxy groups -OCH3 is 2. The largest absolute Gasteiger partial charge is 0.497 e. The molecule has 0 aliphatic carbocycles. The van der Waals surface area contributed by atoms with Crippen LogP contribution in [0, 0.1) is 0 Å². The summed E-state index contributed by atoms with van der Waals surface area (Å²) in [4.78, 5) is 41.8. The van der Waals surface area contributed by atoms with Gasteiger partial charge in [-0.15, -0.1) is 0 Å². The number of ether oxygens (including phenoxy) is 2. The van der Waals surface area contributed by atoms with Crippen LogP contribution >= 0.6 is 0 Å². The first-order valence-electron chi connectivity index (χ1n) is 11.5. The summed E-state index contributed by atoms with van der Waals surface area (Å²) in [6, 6.07) is 23.8. The zero-order valence-corrected chi connectivity index (χ0v) is 20.0. The Bertz CT molecular complexity index is 1380. The second-order valence-corrected chi connectivity index (χ2v) is 8.53. The third-order valence-electron chi connectivity index (χ3n) is 6.30. The molecule has 36 heavy (non-hydrogen) atoms. The molecule has 4 aromatic rings. The van der Waals surface area contributed by atoms with E-state index in [0.29, 0.717) is 11.5 Å². The van der Waals surface area contributed by atoms with Gasteiger partial charge in [0.25, 0.3) is 11.8 Å². The average molecular weight is 484 g/mol. The molecule has 0 fully saturated rings. The monoisotopic (exact) mass is 483 g/mol. The van der Waals surface area contributed by atoms with Gasteiger partial charge in [-0.25, -0.2) is 4.79 Å². The highest BCUT2D eigenvalue weighted by Crippen LogP contribution is 2.26. The van der Waals surface area contributed by atoms with Gasteiger partial charge in [-0.05, 0) is 41.0 Å². The van der Waals surface area contributed by atoms with Gasteiger partial charge in [-0.3, -0.25) is 23.6 Å². The molecule has 5 rings (SSSR count). The normalized spacial score (nSPS) is 12.7. The first kappa shape index (κ1) is 23.2. The van der Waals surface area contributed by atoms with Gasteiger partial charge in [0.15, 0.2) is 0 Å². The number of nitrogens with zero attached hydrogens (tertiary/aromatic N) is 3. The molecule has 0 bridgehead atoms. The Kier molecular flexibility index (Phi) is 6.16. The second-order valence-electron chi connectivity index (χ2n) is 8.53. The van der Waals surface area contributed by atoms with Crippen molar-refractivity contribution in [3.05, 3.63) is 117 Å². The van der Waals surface area contributed by atoms with Crippen LogP contribution in [0.15, 0.2) is 83.7 Å². The van der Waals surface area contributed by atoms with Gasteiger partial charge in [0.1, 0.15) is 22.9 Å². The lowest BCUT2D eigenvalue weighted by atomic mass is 10.2. The average Bonchev–Trinajstić information content (AvgIpc) is 3.32. The van der Waals surface area contributed by atoms with Gasteiger partial charge >= 0.3 is 5.69 Å². The Labute approximate surface area is 207 Å². The van der Waals surface area contributed by atoms with E-state index in [2.05, 4.69) is 0 Å². The quantitative estimate of drug-likeness (QED) is 0.358. The number of carbonyl (C=O) groups is 2. The SMILES string of the molecule is COc1ccc(Cn2c3c(n(Cc4ccc(OC)cc4)c2=O)C(=O)N(Cc2ccccc2)C3=O)cc1. The predicted molar refractivity (Wildman–Crippen MR) is 134 cm³/mol. The Hall–Kier alpha value is -4.59. The second kappa shape index (κ2) is 9.58. The number of rotatable bonds is 8. The van der Waals surface area contributed by atoms with Gasteiger partial charge in [0.2, 0.25) is 0 Å². The highest BCUT2D eigenvalue weighted by atomic mass is 16.5. The Morgan fingerprint density at radius 3 is 1.39 bits per heavy atom. The number of amides is 2. The molecule has 2 amide bonds. The summed E-state index contributed by atoms with van der Waals surface area (Å²) in [5, 5.41) is 0. The van der Waals surface area contributed by atoms with E-state index in [1.165, 1.54) is 14.0 Å². The number of hydrogen-bond acceptors (Lipinski definition) is 5. The van der Waals surface area contributed by atoms with Gasteiger partial charge in [0.05, 0.1) is 33.9 Å². The molecule has 0 N–H and O–H groups in total. The summed E-state index contributed by atoms with van der Waals surface area (Å²) in [7, 11) is 3.16. The van der Waals surface area contributed by atoms with Crippen LogP contribution in [-0.2, 0) is 19.6 Å². The van der Waals surface area contributed by atoms with E-state index in [9.17, 15) is 14.4 Å². The van der Waals surface area contributed by atoms with Crippen molar-refractivity contribution in [3.8, 4) is 11.5 Å². The van der Waals surface area contributed by atoms with Crippen molar-refractivity contribution < 1.29 is 19.1 Å². The minimum Gasteiger partial charge on any atom is -0.497 e. The minimum atomic E-state index is -0.474. The lowest BCUT2D eigenvalue weighted by molar-refractivity contribution is 0.0632. The topological polar surface area (TPSA) is 82.8 Å². The summed E-state index contributed by atoms with van der Waals surface area (Å²) in [6.45, 7) is 0.435. The van der Waals surface area contributed by atoms with Crippen LogP contribution in [0.3, 0.4) is 0 Å². The first-order chi connectivity index (χ1) is 17.5. The number of imide groups is 1. The van der Waals surface area contributed by atoms with Crippen molar-refractivity contribution >= 4 is 11.8 Å². The zero-order valence-electron chi connectivity index (χ0n) is 20.0. The molecular formula is C28H25N3O5. The molecule has 8 nitrogen and oxygen atoms in total. The van der Waals surface area contributed by atoms with Gasteiger partial charge in [-0.1, -0.05) is 54.6 Å². The number of aromatic nitrogens is 2. The van der Waals surface area contributed by atoms with E-state index >= 15 is 0 Å². The maximum atomic E-state index is 13.6. The van der Waals surface area contributed by atoms with E-state index in [-0.39, 0.29) is 31.0 Å². The van der Waals surface area contributed by atoms with Gasteiger partial charge in [-0.2, -0.15) is 0 Å². The molecule has 0 unspecified atom stereocenters. The molecule has 0 spiro atoms. The Morgan fingerprint density at radius 1 is 0.556 bits per heavy atom. The number of carbonyl (C=O) groups excluding carboxylic acids is 2. The van der Waals surface area contributed by atoms with Crippen molar-refractivity contribution in [1.82, 2.24) is 14.0 Å². The number of hydrogen-bond donors (Lipinski definition) is 0. The molecule has 3 aromatic carbocycles. The molecule has 0 radical (unpaired) electrons. The fourth-order valence-corrected chi connectivity index (χ4v) is 4.40. The van der Waals surface area contributed by atoms with Crippen molar-refractivity contribution in [3.63, 3.8) is 0 Å². The Balaban J connectivity index is 1.57. The smallest absolute Gasteiger partial charge is 0.330 e. The molecule has 2 heterocycles.